The zero-order chi connectivity index (χ0) is 13.4. The average molecular weight is 282 g/mol. The topological polar surface area (TPSA) is 67.6 Å². The number of nitrogens with one attached hydrogen (secondary N) is 1. The third kappa shape index (κ3) is 1.90. The molecule has 0 atom stereocenters. The SMILES string of the molecule is c1cc(-c2nc(Cc3ccsc3)no2)c2cn[nH]c2c1. The molecule has 1 aromatic carbocycles. The Morgan fingerprint density at radius 1 is 1.25 bits per heavy atom. The van der Waals surface area contributed by atoms with Crippen LogP contribution in [0.1, 0.15) is 11.4 Å². The van der Waals surface area contributed by atoms with E-state index >= 15 is 0 Å². The first kappa shape index (κ1) is 11.4. The van der Waals surface area contributed by atoms with Crippen LogP contribution in [0.2, 0.25) is 0 Å². The Morgan fingerprint density at radius 3 is 3.15 bits per heavy atom. The number of fused-ring (bicyclic) bond motifs is 1. The summed E-state index contributed by atoms with van der Waals surface area (Å²) in [5.41, 5.74) is 3.06. The Morgan fingerprint density at radius 2 is 2.25 bits per heavy atom. The van der Waals surface area contributed by atoms with E-state index in [1.165, 1.54) is 5.56 Å². The van der Waals surface area contributed by atoms with Crippen LogP contribution < -0.4 is 0 Å². The first-order valence-electron chi connectivity index (χ1n) is 6.16. The summed E-state index contributed by atoms with van der Waals surface area (Å²) >= 11 is 1.67. The van der Waals surface area contributed by atoms with Gasteiger partial charge in [0.25, 0.3) is 5.89 Å². The van der Waals surface area contributed by atoms with Crippen molar-refractivity contribution in [3.05, 3.63) is 52.6 Å². The zero-order valence-corrected chi connectivity index (χ0v) is 11.2. The molecule has 0 bridgehead atoms. The minimum atomic E-state index is 0.530. The minimum Gasteiger partial charge on any atom is -0.334 e. The number of aromatic nitrogens is 4. The fourth-order valence-electron chi connectivity index (χ4n) is 2.17. The van der Waals surface area contributed by atoms with Crippen LogP contribution in [0.4, 0.5) is 0 Å². The highest BCUT2D eigenvalue weighted by Crippen LogP contribution is 2.26. The quantitative estimate of drug-likeness (QED) is 0.626. The fraction of sp³-hybridized carbons (Fsp3) is 0.0714. The lowest BCUT2D eigenvalue weighted by atomic mass is 10.1. The van der Waals surface area contributed by atoms with E-state index < -0.39 is 0 Å². The molecule has 4 aromatic rings. The summed E-state index contributed by atoms with van der Waals surface area (Å²) < 4.78 is 5.38. The van der Waals surface area contributed by atoms with Gasteiger partial charge in [-0.3, -0.25) is 5.10 Å². The normalized spacial score (nSPS) is 11.2. The van der Waals surface area contributed by atoms with Crippen molar-refractivity contribution < 1.29 is 4.52 Å². The molecular formula is C14H10N4OS. The van der Waals surface area contributed by atoms with Gasteiger partial charge in [-0.15, -0.1) is 0 Å². The lowest BCUT2D eigenvalue weighted by Crippen LogP contribution is -1.88. The molecule has 20 heavy (non-hydrogen) atoms. The van der Waals surface area contributed by atoms with Crippen LogP contribution in [-0.4, -0.2) is 20.3 Å². The summed E-state index contributed by atoms with van der Waals surface area (Å²) in [6.07, 6.45) is 2.46. The van der Waals surface area contributed by atoms with Crippen molar-refractivity contribution in [3.63, 3.8) is 0 Å². The van der Waals surface area contributed by atoms with Crippen molar-refractivity contribution in [1.82, 2.24) is 20.3 Å². The van der Waals surface area contributed by atoms with Crippen molar-refractivity contribution in [2.45, 2.75) is 6.42 Å². The molecule has 5 nitrogen and oxygen atoms in total. The maximum atomic E-state index is 5.38. The van der Waals surface area contributed by atoms with E-state index in [1.54, 1.807) is 17.5 Å². The Balaban J connectivity index is 1.72. The van der Waals surface area contributed by atoms with Gasteiger partial charge < -0.3 is 4.52 Å². The second-order valence-corrected chi connectivity index (χ2v) is 5.24. The Labute approximate surface area is 118 Å². The maximum Gasteiger partial charge on any atom is 0.258 e. The van der Waals surface area contributed by atoms with Gasteiger partial charge in [-0.1, -0.05) is 11.2 Å². The number of hydrogen-bond acceptors (Lipinski definition) is 5. The van der Waals surface area contributed by atoms with Gasteiger partial charge in [-0.2, -0.15) is 21.4 Å². The first-order valence-corrected chi connectivity index (χ1v) is 7.10. The molecule has 1 N–H and O–H groups in total. The van der Waals surface area contributed by atoms with Gasteiger partial charge in [0, 0.05) is 11.8 Å². The van der Waals surface area contributed by atoms with Gasteiger partial charge >= 0.3 is 0 Å². The molecule has 0 unspecified atom stereocenters. The van der Waals surface area contributed by atoms with E-state index in [0.717, 1.165) is 16.5 Å². The summed E-state index contributed by atoms with van der Waals surface area (Å²) in [5, 5.41) is 16.1. The van der Waals surface area contributed by atoms with Gasteiger partial charge in [0.1, 0.15) is 0 Å². The molecule has 0 amide bonds. The minimum absolute atomic E-state index is 0.530. The van der Waals surface area contributed by atoms with Crippen molar-refractivity contribution in [2.24, 2.45) is 0 Å². The highest BCUT2D eigenvalue weighted by Gasteiger charge is 2.13. The summed E-state index contributed by atoms with van der Waals surface area (Å²) in [4.78, 5) is 4.47. The first-order chi connectivity index (χ1) is 9.90. The molecule has 0 aliphatic carbocycles. The molecule has 4 rings (SSSR count). The fourth-order valence-corrected chi connectivity index (χ4v) is 2.83. The second-order valence-electron chi connectivity index (χ2n) is 4.46. The Kier molecular flexibility index (Phi) is 2.60. The van der Waals surface area contributed by atoms with Gasteiger partial charge in [-0.25, -0.2) is 0 Å². The number of aromatic amines is 1. The third-order valence-electron chi connectivity index (χ3n) is 3.13. The second kappa shape index (κ2) is 4.57. The van der Waals surface area contributed by atoms with Gasteiger partial charge in [0.15, 0.2) is 5.82 Å². The maximum absolute atomic E-state index is 5.38. The summed E-state index contributed by atoms with van der Waals surface area (Å²) in [6, 6.07) is 7.93. The van der Waals surface area contributed by atoms with Gasteiger partial charge in [0.2, 0.25) is 0 Å². The molecule has 0 radical (unpaired) electrons. The zero-order valence-electron chi connectivity index (χ0n) is 10.4. The molecule has 3 aromatic heterocycles. The Bertz CT molecular complexity index is 847. The van der Waals surface area contributed by atoms with Crippen LogP contribution in [0.25, 0.3) is 22.4 Å². The van der Waals surface area contributed by atoms with Crippen LogP contribution in [-0.2, 0) is 6.42 Å². The van der Waals surface area contributed by atoms with Crippen molar-refractivity contribution >= 4 is 22.2 Å². The summed E-state index contributed by atoms with van der Waals surface area (Å²) in [6.45, 7) is 0. The molecule has 98 valence electrons. The number of nitrogens with zero attached hydrogens (tertiary/aromatic N) is 3. The number of rotatable bonds is 3. The van der Waals surface area contributed by atoms with Gasteiger partial charge in [0.05, 0.1) is 17.3 Å². The highest BCUT2D eigenvalue weighted by atomic mass is 32.1. The highest BCUT2D eigenvalue weighted by molar-refractivity contribution is 7.07. The molecule has 0 saturated heterocycles. The van der Waals surface area contributed by atoms with Crippen LogP contribution in [0.3, 0.4) is 0 Å². The number of benzene rings is 1. The molecule has 3 heterocycles. The van der Waals surface area contributed by atoms with E-state index in [4.69, 9.17) is 4.52 Å². The molecule has 0 saturated carbocycles. The van der Waals surface area contributed by atoms with Crippen LogP contribution >= 0.6 is 11.3 Å². The standard InChI is InChI=1S/C14H10N4OS/c1-2-10(11-7-15-17-12(11)3-1)14-16-13(18-19-14)6-9-4-5-20-8-9/h1-5,7-8H,6H2,(H,15,17). The predicted octanol–water partition coefficient (Wildman–Crippen LogP) is 3.27. The van der Waals surface area contributed by atoms with Gasteiger partial charge in [-0.05, 0) is 34.5 Å². The largest absolute Gasteiger partial charge is 0.334 e. The molecular weight excluding hydrogens is 272 g/mol. The number of thiophene rings is 1. The van der Waals surface area contributed by atoms with Crippen molar-refractivity contribution in [1.29, 1.82) is 0 Å². The smallest absolute Gasteiger partial charge is 0.258 e. The molecule has 0 aliphatic rings. The number of hydrogen-bond donors (Lipinski definition) is 1. The van der Waals surface area contributed by atoms with E-state index in [2.05, 4.69) is 31.8 Å². The lowest BCUT2D eigenvalue weighted by molar-refractivity contribution is 0.424. The molecule has 0 fully saturated rings. The van der Waals surface area contributed by atoms with E-state index in [-0.39, 0.29) is 0 Å². The van der Waals surface area contributed by atoms with E-state index in [0.29, 0.717) is 18.1 Å². The van der Waals surface area contributed by atoms with E-state index in [1.807, 2.05) is 23.6 Å². The molecule has 0 spiro atoms. The van der Waals surface area contributed by atoms with Crippen LogP contribution in [0.15, 0.2) is 45.7 Å². The lowest BCUT2D eigenvalue weighted by Gasteiger charge is -1.95. The average Bonchev–Trinajstić information content (AvgIpc) is 3.19. The van der Waals surface area contributed by atoms with Crippen LogP contribution in [0.5, 0.6) is 0 Å². The predicted molar refractivity (Wildman–Crippen MR) is 76.5 cm³/mol. The molecule has 6 heteroatoms. The number of H-pyrrole nitrogens is 1. The monoisotopic (exact) mass is 282 g/mol. The summed E-state index contributed by atoms with van der Waals surface area (Å²) in [7, 11) is 0. The van der Waals surface area contributed by atoms with E-state index in [9.17, 15) is 0 Å². The Hall–Kier alpha value is -2.47. The third-order valence-corrected chi connectivity index (χ3v) is 3.86. The van der Waals surface area contributed by atoms with Crippen LogP contribution in [0, 0.1) is 0 Å². The summed E-state index contributed by atoms with van der Waals surface area (Å²) in [5.74, 6) is 1.22. The molecule has 0 aliphatic heterocycles. The van der Waals surface area contributed by atoms with Crippen molar-refractivity contribution in [2.75, 3.05) is 0 Å². The van der Waals surface area contributed by atoms with Crippen molar-refractivity contribution in [3.8, 4) is 11.5 Å².